The molecule has 0 bridgehead atoms. The van der Waals surface area contributed by atoms with Gasteiger partial charge in [-0.3, -0.25) is 37.3 Å². The zero-order valence-corrected chi connectivity index (χ0v) is 65.2. The molecule has 0 aliphatic rings. The largest absolute Gasteiger partial charge is 0.472 e. The van der Waals surface area contributed by atoms with E-state index in [9.17, 15) is 43.2 Å². The normalized spacial score (nSPS) is 14.3. The molecule has 0 amide bonds. The summed E-state index contributed by atoms with van der Waals surface area (Å²) in [7, 11) is -9.96. The maximum atomic E-state index is 13.1. The second-order valence-electron chi connectivity index (χ2n) is 26.6. The summed E-state index contributed by atoms with van der Waals surface area (Å²) >= 11 is 0. The fraction of sp³-hybridized carbons (Fsp3) is 0.778. The fourth-order valence-corrected chi connectivity index (χ4v) is 12.5. The fourth-order valence-electron chi connectivity index (χ4n) is 10.9. The lowest BCUT2D eigenvalue weighted by Crippen LogP contribution is -2.30. The summed E-state index contributed by atoms with van der Waals surface area (Å²) in [6, 6.07) is 0. The van der Waals surface area contributed by atoms with Crippen molar-refractivity contribution in [3.8, 4) is 0 Å². The van der Waals surface area contributed by atoms with Crippen molar-refractivity contribution in [3.63, 3.8) is 0 Å². The van der Waals surface area contributed by atoms with Gasteiger partial charge in [0.05, 0.1) is 26.4 Å². The van der Waals surface area contributed by atoms with Crippen LogP contribution in [-0.2, 0) is 65.4 Å². The van der Waals surface area contributed by atoms with Gasteiger partial charge in [-0.05, 0) is 96.3 Å². The van der Waals surface area contributed by atoms with Crippen LogP contribution in [0.15, 0.2) is 85.1 Å². The molecule has 5 unspecified atom stereocenters. The van der Waals surface area contributed by atoms with Crippen LogP contribution in [-0.4, -0.2) is 96.7 Å². The number of ether oxygens (including phenoxy) is 4. The van der Waals surface area contributed by atoms with Gasteiger partial charge in [0.25, 0.3) is 0 Å². The Balaban J connectivity index is 5.37. The van der Waals surface area contributed by atoms with Crippen LogP contribution in [0.3, 0.4) is 0 Å². The monoisotopic (exact) mass is 1450 g/mol. The first-order chi connectivity index (χ1) is 48.7. The Morgan fingerprint density at radius 2 is 0.520 bits per heavy atom. The minimum atomic E-state index is -4.99. The van der Waals surface area contributed by atoms with Crippen molar-refractivity contribution in [3.05, 3.63) is 85.1 Å². The minimum Gasteiger partial charge on any atom is -0.462 e. The summed E-state index contributed by atoms with van der Waals surface area (Å²) in [5.74, 6) is -2.21. The van der Waals surface area contributed by atoms with Gasteiger partial charge in [0.1, 0.15) is 19.3 Å². The van der Waals surface area contributed by atoms with Gasteiger partial charge in [0.2, 0.25) is 0 Å². The van der Waals surface area contributed by atoms with Crippen molar-refractivity contribution in [1.29, 1.82) is 0 Å². The lowest BCUT2D eigenvalue weighted by molar-refractivity contribution is -0.161. The SMILES string of the molecule is CC/C=C\C/C=C\C/C=C\C/C=C\CCCCC(=O)OCC(COP(=O)(O)OCC(O)COP(=O)(O)OCC(COC(=O)CCCCCCCCCCCCCCCCC)OC(=O)CCCCCCCCCCCCCCCCC)OC(=O)CCCCCCC/C=C\C/C=C\C/C=C\CC. The number of rotatable bonds is 75. The molecule has 0 aromatic rings. The van der Waals surface area contributed by atoms with Gasteiger partial charge in [0.15, 0.2) is 12.2 Å². The number of carbonyl (C=O) groups excluding carboxylic acids is 4. The highest BCUT2D eigenvalue weighted by molar-refractivity contribution is 7.47. The lowest BCUT2D eigenvalue weighted by atomic mass is 10.0. The van der Waals surface area contributed by atoms with Crippen LogP contribution in [0.5, 0.6) is 0 Å². The van der Waals surface area contributed by atoms with E-state index in [0.29, 0.717) is 25.7 Å². The average molecular weight is 1450 g/mol. The molecule has 0 spiro atoms. The second kappa shape index (κ2) is 73.5. The number of hydrogen-bond donors (Lipinski definition) is 3. The van der Waals surface area contributed by atoms with Crippen LogP contribution < -0.4 is 0 Å². The van der Waals surface area contributed by atoms with E-state index in [0.717, 1.165) is 135 Å². The summed E-state index contributed by atoms with van der Waals surface area (Å²) in [6.45, 7) is 4.65. The van der Waals surface area contributed by atoms with Gasteiger partial charge in [-0.15, -0.1) is 0 Å². The van der Waals surface area contributed by atoms with Crippen molar-refractivity contribution in [1.82, 2.24) is 0 Å². The summed E-state index contributed by atoms with van der Waals surface area (Å²) in [5.41, 5.74) is 0. The molecule has 0 aromatic heterocycles. The topological polar surface area (TPSA) is 237 Å². The van der Waals surface area contributed by atoms with E-state index in [1.54, 1.807) is 0 Å². The summed E-state index contributed by atoms with van der Waals surface area (Å²) in [4.78, 5) is 73.0. The van der Waals surface area contributed by atoms with Crippen LogP contribution >= 0.6 is 15.6 Å². The first-order valence-electron chi connectivity index (χ1n) is 39.8. The zero-order valence-electron chi connectivity index (χ0n) is 63.4. The number of aliphatic hydroxyl groups excluding tert-OH is 1. The Kier molecular flexibility index (Phi) is 70.8. The summed E-state index contributed by atoms with van der Waals surface area (Å²) in [6.07, 6.45) is 75.6. The zero-order chi connectivity index (χ0) is 73.2. The summed E-state index contributed by atoms with van der Waals surface area (Å²) < 4.78 is 68.6. The number of unbranched alkanes of at least 4 members (excludes halogenated alkanes) is 35. The molecule has 100 heavy (non-hydrogen) atoms. The number of carbonyl (C=O) groups is 4. The van der Waals surface area contributed by atoms with E-state index in [4.69, 9.17) is 37.0 Å². The number of hydrogen-bond acceptors (Lipinski definition) is 15. The van der Waals surface area contributed by atoms with Crippen LogP contribution in [0, 0.1) is 0 Å². The molecule has 0 heterocycles. The van der Waals surface area contributed by atoms with Crippen molar-refractivity contribution in [2.75, 3.05) is 39.6 Å². The van der Waals surface area contributed by atoms with E-state index >= 15 is 0 Å². The Bertz CT molecular complexity index is 2230. The van der Waals surface area contributed by atoms with Gasteiger partial charge in [0, 0.05) is 25.7 Å². The van der Waals surface area contributed by atoms with Gasteiger partial charge in [-0.2, -0.15) is 0 Å². The van der Waals surface area contributed by atoms with Crippen molar-refractivity contribution >= 4 is 39.5 Å². The maximum Gasteiger partial charge on any atom is 0.472 e. The average Bonchev–Trinajstić information content (AvgIpc) is 1.01. The molecule has 19 heteroatoms. The van der Waals surface area contributed by atoms with Crippen molar-refractivity contribution in [2.24, 2.45) is 0 Å². The molecular weight excluding hydrogens is 1310 g/mol. The van der Waals surface area contributed by atoms with Crippen LogP contribution in [0.1, 0.15) is 349 Å². The summed E-state index contributed by atoms with van der Waals surface area (Å²) in [5, 5.41) is 10.6. The third-order valence-corrected chi connectivity index (χ3v) is 18.8. The van der Waals surface area contributed by atoms with Gasteiger partial charge < -0.3 is 33.8 Å². The molecule has 0 aliphatic carbocycles. The van der Waals surface area contributed by atoms with Gasteiger partial charge >= 0.3 is 39.5 Å². The first-order valence-corrected chi connectivity index (χ1v) is 42.8. The van der Waals surface area contributed by atoms with Gasteiger partial charge in [-0.25, -0.2) is 9.13 Å². The highest BCUT2D eigenvalue weighted by Crippen LogP contribution is 2.45. The third kappa shape index (κ3) is 72.6. The van der Waals surface area contributed by atoms with E-state index in [1.165, 1.54) is 135 Å². The molecule has 0 aliphatic heterocycles. The minimum absolute atomic E-state index is 0.0673. The molecule has 0 aromatic carbocycles. The Labute approximate surface area is 608 Å². The standard InChI is InChI=1S/C81H144O17P2/c1-5-9-13-17-21-25-29-33-37-41-45-49-53-57-61-65-78(83)91-71-76(97-80(85)67-63-59-55-51-47-43-39-35-31-27-23-19-15-11-7-3)73-95-99(87,88)93-69-75(82)70-94-100(89,90)96-74-77(98-81(86)68-64-60-56-52-48-44-40-36-32-28-24-20-16-12-8-4)72-92-79(84)66-62-58-54-50-46-42-38-34-30-26-22-18-14-10-6-2/h9,11,13,15,21,23,25,27,33,35,37,39,45,49,75-77,82H,5-8,10,12,14,16-20,22,24,26,28-32,34,36,38,40-44,46-48,50-74H2,1-4H3,(H,87,88)(H,89,90)/b13-9-,15-11-,25-21-,27-23-,37-33-,39-35-,49-45-. The molecule has 0 saturated heterocycles. The highest BCUT2D eigenvalue weighted by Gasteiger charge is 2.30. The highest BCUT2D eigenvalue weighted by atomic mass is 31.2. The molecule has 5 atom stereocenters. The molecule has 17 nitrogen and oxygen atoms in total. The van der Waals surface area contributed by atoms with Crippen molar-refractivity contribution < 1.29 is 80.2 Å². The second-order valence-corrected chi connectivity index (χ2v) is 29.5. The Morgan fingerprint density at radius 3 is 0.820 bits per heavy atom. The maximum absolute atomic E-state index is 13.1. The Hall–Kier alpha value is -3.76. The van der Waals surface area contributed by atoms with E-state index in [1.807, 2.05) is 0 Å². The Morgan fingerprint density at radius 1 is 0.290 bits per heavy atom. The number of phosphoric ester groups is 2. The van der Waals surface area contributed by atoms with Crippen LogP contribution in [0.2, 0.25) is 0 Å². The predicted octanol–water partition coefficient (Wildman–Crippen LogP) is 23.0. The number of aliphatic hydroxyl groups is 1. The quantitative estimate of drug-likeness (QED) is 0.0169. The van der Waals surface area contributed by atoms with Crippen molar-refractivity contribution in [2.45, 2.75) is 367 Å². The van der Waals surface area contributed by atoms with E-state index < -0.39 is 97.5 Å². The molecule has 580 valence electrons. The molecular formula is C81H144O17P2. The van der Waals surface area contributed by atoms with Crippen LogP contribution in [0.4, 0.5) is 0 Å². The van der Waals surface area contributed by atoms with Gasteiger partial charge in [-0.1, -0.05) is 312 Å². The van der Waals surface area contributed by atoms with Crippen LogP contribution in [0.25, 0.3) is 0 Å². The number of phosphoric acid groups is 2. The molecule has 0 rings (SSSR count). The van der Waals surface area contributed by atoms with E-state index in [2.05, 4.69) is 113 Å². The smallest absolute Gasteiger partial charge is 0.462 e. The lowest BCUT2D eigenvalue weighted by Gasteiger charge is -2.21. The third-order valence-electron chi connectivity index (χ3n) is 16.9. The molecule has 0 fully saturated rings. The molecule has 0 radical (unpaired) electrons. The first kappa shape index (κ1) is 96.2. The number of allylic oxidation sites excluding steroid dienone is 14. The predicted molar refractivity (Wildman–Crippen MR) is 409 cm³/mol. The molecule has 3 N–H and O–H groups in total. The van der Waals surface area contributed by atoms with E-state index in [-0.39, 0.29) is 25.7 Å². The molecule has 0 saturated carbocycles. The number of esters is 4.